The number of hydrogen-bond acceptors (Lipinski definition) is 4. The van der Waals surface area contributed by atoms with Crippen LogP contribution in [-0.2, 0) is 13.2 Å². The summed E-state index contributed by atoms with van der Waals surface area (Å²) in [5.41, 5.74) is 1.88. The molecule has 0 atom stereocenters. The normalized spacial score (nSPS) is 10.9. The summed E-state index contributed by atoms with van der Waals surface area (Å²) < 4.78 is 25.0. The summed E-state index contributed by atoms with van der Waals surface area (Å²) in [4.78, 5) is 18.7. The minimum Gasteiger partial charge on any atom is -0.485 e. The Balaban J connectivity index is 1.54. The van der Waals surface area contributed by atoms with E-state index in [1.807, 2.05) is 0 Å². The van der Waals surface area contributed by atoms with Crippen molar-refractivity contribution in [2.45, 2.75) is 13.2 Å². The van der Waals surface area contributed by atoms with E-state index in [-0.39, 0.29) is 30.3 Å². The fraction of sp³-hybridized carbons (Fsp3) is 0.0909. The van der Waals surface area contributed by atoms with E-state index in [2.05, 4.69) is 9.97 Å². The third-order valence-electron chi connectivity index (χ3n) is 4.45. The van der Waals surface area contributed by atoms with Crippen molar-refractivity contribution in [3.8, 4) is 11.5 Å². The maximum Gasteiger partial charge on any atom is 0.335 e. The number of fused-ring (bicyclic) bond motifs is 1. The van der Waals surface area contributed by atoms with E-state index in [1.165, 1.54) is 30.3 Å². The van der Waals surface area contributed by atoms with Gasteiger partial charge in [-0.2, -0.15) is 0 Å². The monoisotopic (exact) mass is 460 g/mol. The van der Waals surface area contributed by atoms with Crippen LogP contribution < -0.4 is 9.47 Å². The number of benzene rings is 3. The van der Waals surface area contributed by atoms with Crippen molar-refractivity contribution in [2.75, 3.05) is 0 Å². The molecule has 31 heavy (non-hydrogen) atoms. The summed E-state index contributed by atoms with van der Waals surface area (Å²) in [6, 6.07) is 13.5. The fourth-order valence-corrected chi connectivity index (χ4v) is 3.38. The molecule has 9 heteroatoms. The number of H-pyrrole nitrogens is 1. The van der Waals surface area contributed by atoms with Gasteiger partial charge in [-0.1, -0.05) is 29.3 Å². The molecule has 2 N–H and O–H groups in total. The van der Waals surface area contributed by atoms with Gasteiger partial charge in [0.2, 0.25) is 0 Å². The maximum atomic E-state index is 13.4. The second-order valence-electron chi connectivity index (χ2n) is 6.62. The maximum absolute atomic E-state index is 13.4. The zero-order valence-corrected chi connectivity index (χ0v) is 17.4. The first-order chi connectivity index (χ1) is 14.9. The average molecular weight is 461 g/mol. The highest BCUT2D eigenvalue weighted by atomic mass is 35.5. The molecule has 0 aliphatic carbocycles. The van der Waals surface area contributed by atoms with Crippen molar-refractivity contribution in [1.82, 2.24) is 9.97 Å². The summed E-state index contributed by atoms with van der Waals surface area (Å²) >= 11 is 12.1. The van der Waals surface area contributed by atoms with Gasteiger partial charge in [-0.25, -0.2) is 14.2 Å². The lowest BCUT2D eigenvalue weighted by Gasteiger charge is -2.14. The summed E-state index contributed by atoms with van der Waals surface area (Å²) in [6.45, 7) is 0.125. The lowest BCUT2D eigenvalue weighted by atomic mass is 10.2. The second kappa shape index (κ2) is 8.83. The number of rotatable bonds is 7. The minimum atomic E-state index is -1.10. The third-order valence-corrected chi connectivity index (χ3v) is 5.03. The van der Waals surface area contributed by atoms with Gasteiger partial charge in [0.05, 0.1) is 16.6 Å². The van der Waals surface area contributed by atoms with E-state index in [0.717, 1.165) is 0 Å². The van der Waals surface area contributed by atoms with Crippen molar-refractivity contribution in [3.63, 3.8) is 0 Å². The van der Waals surface area contributed by atoms with E-state index in [9.17, 15) is 14.3 Å². The highest BCUT2D eigenvalue weighted by molar-refractivity contribution is 6.35. The molecule has 0 fully saturated rings. The molecule has 6 nitrogen and oxygen atoms in total. The number of halogens is 3. The van der Waals surface area contributed by atoms with E-state index in [0.29, 0.717) is 38.2 Å². The Morgan fingerprint density at radius 2 is 1.81 bits per heavy atom. The number of carbonyl (C=O) groups is 1. The molecule has 0 unspecified atom stereocenters. The van der Waals surface area contributed by atoms with Crippen LogP contribution in [0.15, 0.2) is 54.6 Å². The van der Waals surface area contributed by atoms with Crippen LogP contribution in [0.25, 0.3) is 11.0 Å². The molecule has 158 valence electrons. The molecule has 0 spiro atoms. The van der Waals surface area contributed by atoms with Gasteiger partial charge in [0.1, 0.15) is 24.9 Å². The molecule has 0 radical (unpaired) electrons. The number of carboxylic acids is 1. The number of aromatic nitrogens is 2. The standard InChI is InChI=1S/C22H15Cl2FN2O4/c23-14-3-1-13(16(24)8-14)10-30-20-7-12(22(28)29)2-6-19(20)31-11-21-26-17-5-4-15(25)9-18(17)27-21/h1-9H,10-11H2,(H,26,27)(H,28,29). The third kappa shape index (κ3) is 4.90. The van der Waals surface area contributed by atoms with Crippen LogP contribution in [0.3, 0.4) is 0 Å². The Hall–Kier alpha value is -3.29. The highest BCUT2D eigenvalue weighted by Crippen LogP contribution is 2.31. The van der Waals surface area contributed by atoms with Crippen LogP contribution in [0, 0.1) is 5.82 Å². The summed E-state index contributed by atoms with van der Waals surface area (Å²) in [7, 11) is 0. The van der Waals surface area contributed by atoms with Crippen molar-refractivity contribution in [1.29, 1.82) is 0 Å². The molecule has 0 saturated carbocycles. The van der Waals surface area contributed by atoms with Crippen LogP contribution in [0.4, 0.5) is 4.39 Å². The molecule has 0 bridgehead atoms. The molecule has 4 rings (SSSR count). The molecule has 0 aliphatic rings. The molecule has 0 aliphatic heterocycles. The average Bonchev–Trinajstić information content (AvgIpc) is 3.13. The van der Waals surface area contributed by atoms with E-state index in [4.69, 9.17) is 32.7 Å². The van der Waals surface area contributed by atoms with Crippen molar-refractivity contribution in [3.05, 3.63) is 87.4 Å². The summed E-state index contributed by atoms with van der Waals surface area (Å²) in [5.74, 6) is -0.436. The number of ether oxygens (including phenoxy) is 2. The second-order valence-corrected chi connectivity index (χ2v) is 7.47. The van der Waals surface area contributed by atoms with Crippen LogP contribution in [0.1, 0.15) is 21.7 Å². The largest absolute Gasteiger partial charge is 0.485 e. The van der Waals surface area contributed by atoms with Gasteiger partial charge >= 0.3 is 5.97 Å². The van der Waals surface area contributed by atoms with Crippen molar-refractivity contribution in [2.24, 2.45) is 0 Å². The Kier molecular flexibility index (Phi) is 5.97. The molecular formula is C22H15Cl2FN2O4. The Labute approximate surface area is 186 Å². The zero-order chi connectivity index (χ0) is 22.0. The lowest BCUT2D eigenvalue weighted by molar-refractivity contribution is 0.0696. The number of nitrogens with one attached hydrogen (secondary N) is 1. The van der Waals surface area contributed by atoms with Crippen molar-refractivity contribution < 1.29 is 23.8 Å². The highest BCUT2D eigenvalue weighted by Gasteiger charge is 2.13. The number of hydrogen-bond donors (Lipinski definition) is 2. The van der Waals surface area contributed by atoms with Gasteiger partial charge in [0.15, 0.2) is 11.5 Å². The number of imidazole rings is 1. The van der Waals surface area contributed by atoms with Crippen LogP contribution in [-0.4, -0.2) is 21.0 Å². The van der Waals surface area contributed by atoms with E-state index < -0.39 is 5.97 Å². The Morgan fingerprint density at radius 3 is 2.58 bits per heavy atom. The predicted molar refractivity (Wildman–Crippen MR) is 115 cm³/mol. The van der Waals surface area contributed by atoms with Crippen LogP contribution in [0.2, 0.25) is 10.0 Å². The quantitative estimate of drug-likeness (QED) is 0.360. The first kappa shape index (κ1) is 21.0. The fourth-order valence-electron chi connectivity index (χ4n) is 2.92. The minimum absolute atomic E-state index is 0.0424. The zero-order valence-electron chi connectivity index (χ0n) is 15.9. The molecule has 0 amide bonds. The first-order valence-corrected chi connectivity index (χ1v) is 9.85. The van der Waals surface area contributed by atoms with Gasteiger partial charge in [-0.05, 0) is 48.5 Å². The van der Waals surface area contributed by atoms with Gasteiger partial charge in [-0.15, -0.1) is 0 Å². The SMILES string of the molecule is O=C(O)c1ccc(OCc2nc3ccc(F)cc3[nH]2)c(OCc2ccc(Cl)cc2Cl)c1. The predicted octanol–water partition coefficient (Wildman–Crippen LogP) is 5.87. The molecule has 1 aromatic heterocycles. The smallest absolute Gasteiger partial charge is 0.335 e. The number of nitrogens with zero attached hydrogens (tertiary/aromatic N) is 1. The lowest BCUT2D eigenvalue weighted by Crippen LogP contribution is -2.04. The summed E-state index contributed by atoms with van der Waals surface area (Å²) in [5, 5.41) is 10.2. The van der Waals surface area contributed by atoms with Crippen molar-refractivity contribution >= 4 is 40.2 Å². The molecule has 1 heterocycles. The van der Waals surface area contributed by atoms with Gasteiger partial charge < -0.3 is 19.6 Å². The summed E-state index contributed by atoms with van der Waals surface area (Å²) in [6.07, 6.45) is 0. The molecule has 4 aromatic rings. The molecule has 0 saturated heterocycles. The number of aromatic carboxylic acids is 1. The van der Waals surface area contributed by atoms with Gasteiger partial charge in [0.25, 0.3) is 0 Å². The van der Waals surface area contributed by atoms with Gasteiger partial charge in [0, 0.05) is 15.6 Å². The molecular weight excluding hydrogens is 446 g/mol. The van der Waals surface area contributed by atoms with E-state index in [1.54, 1.807) is 24.3 Å². The molecule has 3 aromatic carbocycles. The first-order valence-electron chi connectivity index (χ1n) is 9.10. The van der Waals surface area contributed by atoms with E-state index >= 15 is 0 Å². The Morgan fingerprint density at radius 1 is 1.00 bits per heavy atom. The topological polar surface area (TPSA) is 84.4 Å². The Bertz CT molecular complexity index is 1280. The van der Waals surface area contributed by atoms with Gasteiger partial charge in [-0.3, -0.25) is 0 Å². The van der Waals surface area contributed by atoms with Crippen LogP contribution >= 0.6 is 23.2 Å². The number of carboxylic acid groups (broad SMARTS) is 1. The van der Waals surface area contributed by atoms with Crippen LogP contribution in [0.5, 0.6) is 11.5 Å². The number of aromatic amines is 1.